The molecule has 6 heteroatoms. The number of aromatic nitrogens is 2. The summed E-state index contributed by atoms with van der Waals surface area (Å²) in [4.78, 5) is 0. The first kappa shape index (κ1) is 86.3. The molecule has 0 N–H and O–H groups in total. The SMILES string of the molecule is Clc1ccc(-c2c(-c3ccccc3)c(-c3ccc(-c4c(-c5ccccc5)c(-c5ccccc5)c(-c5ccc(-n6c7c(c8ccccc86)CC(c6cccc8c6sc6c(-c9ccccc9)cccc68)C=C7)cc5)c(-c5ccc(Cl)cc5)c4-c4ccccc4)cc3)c(-c3ccccc3)c(-c3ccccc3)c2-c2ccc(-n3c4c(c5ccccc53)CC(c3cccc5c3sc3c(-c6ccccc6)cccc35)C=C4)cc2)cc1. The third-order valence-corrected chi connectivity index (χ3v) is 33.0. The fourth-order valence-corrected chi connectivity index (χ4v) is 26.6. The Morgan fingerprint density at radius 1 is 0.188 bits per heavy atom. The highest BCUT2D eigenvalue weighted by Gasteiger charge is 2.36. The standard InChI is InChI=1S/C138H90Cl2N2S2/c139-103-75-65-97(66-76-103)131-127(93-45-21-7-22-46-93)129(123(89-37-13-3-14-38-89)125(91-41-17-5-18-42-91)133(131)99-69-79-105(80-70-99)141-119-59-27-25-49-111(119)117-85-101(73-83-121(117)141)109-53-31-57-115-113-55-29-51-107(135(113)143-137(109)115)87-33-9-1-10-34-87)95-61-63-96(64-62-95)130-124(90-39-15-4-16-40-90)126(92-43-19-6-20-44-92)134(132(98-67-77-104(140)78-68-98)128(130)94-47-23-8-24-48-94)100-71-81-106(82-72-100)142-120-60-28-26-50-112(120)118-86-102(74-84-122(118)142)110-54-32-58-116-114-56-30-52-108(136(114)144-138(110)116)88-35-11-2-12-36-88/h1-84,101-102H,85-86H2. The van der Waals surface area contributed by atoms with Crippen molar-refractivity contribution in [1.29, 1.82) is 0 Å². The summed E-state index contributed by atoms with van der Waals surface area (Å²) in [6.45, 7) is 0. The molecule has 4 heterocycles. The van der Waals surface area contributed by atoms with Crippen LogP contribution in [-0.4, -0.2) is 9.13 Å². The normalized spacial score (nSPS) is 13.4. The average Bonchev–Trinajstić information content (AvgIpc) is 1.11. The minimum Gasteiger partial charge on any atom is -0.310 e. The monoisotopic (exact) mass is 1910 g/mol. The zero-order valence-electron chi connectivity index (χ0n) is 78.5. The average molecular weight is 1910 g/mol. The summed E-state index contributed by atoms with van der Waals surface area (Å²) in [5.74, 6) is 0.343. The number of fused-ring (bicyclic) bond motifs is 12. The van der Waals surface area contributed by atoms with Crippen LogP contribution >= 0.6 is 45.9 Å². The van der Waals surface area contributed by atoms with E-state index in [1.807, 2.05) is 22.7 Å². The highest BCUT2D eigenvalue weighted by molar-refractivity contribution is 7.27. The van der Waals surface area contributed by atoms with Gasteiger partial charge < -0.3 is 9.13 Å². The van der Waals surface area contributed by atoms with Crippen molar-refractivity contribution in [1.82, 2.24) is 9.13 Å². The van der Waals surface area contributed by atoms with Crippen molar-refractivity contribution in [2.45, 2.75) is 24.7 Å². The molecule has 0 saturated carbocycles. The highest BCUT2D eigenvalue weighted by atomic mass is 35.5. The number of nitrogens with zero attached hydrogens (tertiary/aromatic N) is 2. The molecule has 144 heavy (non-hydrogen) atoms. The van der Waals surface area contributed by atoms with Crippen LogP contribution in [0.25, 0.3) is 241 Å². The van der Waals surface area contributed by atoms with E-state index in [4.69, 9.17) is 23.2 Å². The Balaban J connectivity index is 0.639. The molecule has 2 aliphatic carbocycles. The van der Waals surface area contributed by atoms with Crippen LogP contribution in [0.4, 0.5) is 0 Å². The number of benzene rings is 21. The Bertz CT molecular complexity index is 8810. The van der Waals surface area contributed by atoms with Crippen LogP contribution in [0.15, 0.2) is 497 Å². The van der Waals surface area contributed by atoms with Gasteiger partial charge in [0.25, 0.3) is 0 Å². The molecule has 25 aromatic rings. The molecule has 0 bridgehead atoms. The van der Waals surface area contributed by atoms with E-state index in [-0.39, 0.29) is 11.8 Å². The van der Waals surface area contributed by atoms with Gasteiger partial charge in [-0.3, -0.25) is 0 Å². The van der Waals surface area contributed by atoms with Gasteiger partial charge in [-0.25, -0.2) is 0 Å². The van der Waals surface area contributed by atoms with Gasteiger partial charge in [-0.1, -0.05) is 460 Å². The summed E-state index contributed by atoms with van der Waals surface area (Å²) < 4.78 is 10.4. The van der Waals surface area contributed by atoms with Crippen LogP contribution in [0.2, 0.25) is 10.0 Å². The van der Waals surface area contributed by atoms with E-state index in [1.54, 1.807) is 0 Å². The van der Waals surface area contributed by atoms with Gasteiger partial charge in [0.05, 0.1) is 11.0 Å². The molecule has 21 aromatic carbocycles. The zero-order valence-corrected chi connectivity index (χ0v) is 81.7. The van der Waals surface area contributed by atoms with Crippen molar-refractivity contribution in [2.75, 3.05) is 0 Å². The Kier molecular flexibility index (Phi) is 21.8. The molecule has 0 fully saturated rings. The number of rotatable bonds is 18. The summed E-state index contributed by atoms with van der Waals surface area (Å²) >= 11 is 18.1. The number of thiophene rings is 2. The molecule has 0 saturated heterocycles. The summed E-state index contributed by atoms with van der Waals surface area (Å²) in [6, 6.07) is 180. The summed E-state index contributed by atoms with van der Waals surface area (Å²) in [6.07, 6.45) is 11.5. The smallest absolute Gasteiger partial charge is 0.0537 e. The van der Waals surface area contributed by atoms with Crippen LogP contribution < -0.4 is 0 Å². The van der Waals surface area contributed by atoms with Crippen molar-refractivity contribution in [2.24, 2.45) is 0 Å². The fourth-order valence-electron chi connectivity index (χ4n) is 23.5. The highest BCUT2D eigenvalue weighted by Crippen LogP contribution is 2.61. The van der Waals surface area contributed by atoms with E-state index < -0.39 is 0 Å². The van der Waals surface area contributed by atoms with Crippen molar-refractivity contribution in [3.8, 4) is 167 Å². The molecule has 4 aromatic heterocycles. The van der Waals surface area contributed by atoms with Gasteiger partial charge in [0.15, 0.2) is 0 Å². The lowest BCUT2D eigenvalue weighted by Crippen LogP contribution is -2.07. The van der Waals surface area contributed by atoms with E-state index in [1.165, 1.54) is 118 Å². The molecule has 0 aliphatic heterocycles. The van der Waals surface area contributed by atoms with E-state index in [0.717, 1.165) is 158 Å². The first-order chi connectivity index (χ1) is 71.3. The molecule has 0 radical (unpaired) electrons. The molecule has 0 amide bonds. The summed E-state index contributed by atoms with van der Waals surface area (Å²) in [5.41, 5.74) is 43.6. The van der Waals surface area contributed by atoms with Gasteiger partial charge in [-0.15, -0.1) is 22.7 Å². The lowest BCUT2D eigenvalue weighted by Gasteiger charge is -2.30. The van der Waals surface area contributed by atoms with Crippen molar-refractivity contribution in [3.05, 3.63) is 541 Å². The largest absolute Gasteiger partial charge is 0.310 e. The number of allylic oxidation sites excluding steroid dienone is 2. The maximum Gasteiger partial charge on any atom is 0.0537 e. The lowest BCUT2D eigenvalue weighted by molar-refractivity contribution is 0.833. The van der Waals surface area contributed by atoms with Gasteiger partial charge in [0.1, 0.15) is 0 Å². The third kappa shape index (κ3) is 14.8. The van der Waals surface area contributed by atoms with Crippen LogP contribution in [-0.2, 0) is 12.8 Å². The zero-order chi connectivity index (χ0) is 95.4. The Labute approximate surface area is 855 Å². The number of para-hydroxylation sites is 2. The van der Waals surface area contributed by atoms with Crippen LogP contribution in [0.1, 0.15) is 45.5 Å². The first-order valence-electron chi connectivity index (χ1n) is 49.6. The topological polar surface area (TPSA) is 9.86 Å². The van der Waals surface area contributed by atoms with E-state index in [2.05, 4.69) is 519 Å². The molecule has 27 rings (SSSR count). The quantitative estimate of drug-likeness (QED) is 0.0810. The van der Waals surface area contributed by atoms with Gasteiger partial charge in [0, 0.05) is 95.8 Å². The third-order valence-electron chi connectivity index (χ3n) is 29.9. The van der Waals surface area contributed by atoms with Crippen LogP contribution in [0.3, 0.4) is 0 Å². The number of hydrogen-bond acceptors (Lipinski definition) is 2. The molecule has 0 spiro atoms. The predicted octanol–water partition coefficient (Wildman–Crippen LogP) is 39.7. The molecule has 2 nitrogen and oxygen atoms in total. The molecule has 2 aliphatic rings. The summed E-state index contributed by atoms with van der Waals surface area (Å²) in [7, 11) is 0. The second kappa shape index (κ2) is 36.4. The predicted molar refractivity (Wildman–Crippen MR) is 616 cm³/mol. The Morgan fingerprint density at radius 2 is 0.403 bits per heavy atom. The number of hydrogen-bond donors (Lipinski definition) is 0. The van der Waals surface area contributed by atoms with Crippen molar-refractivity contribution in [3.63, 3.8) is 0 Å². The molecule has 2 unspecified atom stereocenters. The molecular formula is C138H90Cl2N2S2. The van der Waals surface area contributed by atoms with Crippen LogP contribution in [0, 0.1) is 0 Å². The molecular weight excluding hydrogens is 1820 g/mol. The second-order valence-electron chi connectivity index (χ2n) is 37.9. The van der Waals surface area contributed by atoms with Gasteiger partial charge in [-0.05, 0) is 264 Å². The Morgan fingerprint density at radius 3 is 0.681 bits per heavy atom. The van der Waals surface area contributed by atoms with Gasteiger partial charge >= 0.3 is 0 Å². The van der Waals surface area contributed by atoms with Crippen molar-refractivity contribution < 1.29 is 0 Å². The fraction of sp³-hybridized carbons (Fsp3) is 0.0290. The second-order valence-corrected chi connectivity index (χ2v) is 40.8. The van der Waals surface area contributed by atoms with E-state index >= 15 is 0 Å². The van der Waals surface area contributed by atoms with Gasteiger partial charge in [0.2, 0.25) is 0 Å². The van der Waals surface area contributed by atoms with Crippen molar-refractivity contribution >= 4 is 120 Å². The number of halogens is 2. The maximum absolute atomic E-state index is 7.13. The first-order valence-corrected chi connectivity index (χ1v) is 52.0. The minimum atomic E-state index is 0.171. The lowest BCUT2D eigenvalue weighted by atomic mass is 9.73. The van der Waals surface area contributed by atoms with E-state index in [9.17, 15) is 0 Å². The van der Waals surface area contributed by atoms with Crippen LogP contribution in [0.5, 0.6) is 0 Å². The summed E-state index contributed by atoms with van der Waals surface area (Å²) in [5, 5.41) is 9.13. The van der Waals surface area contributed by atoms with E-state index in [0.29, 0.717) is 10.0 Å². The maximum atomic E-state index is 7.13. The molecule has 678 valence electrons. The van der Waals surface area contributed by atoms with Gasteiger partial charge in [-0.2, -0.15) is 0 Å². The Hall–Kier alpha value is -16.8. The molecule has 2 atom stereocenters. The minimum absolute atomic E-state index is 0.171.